The molecule has 38 heavy (non-hydrogen) atoms. The van der Waals surface area contributed by atoms with E-state index in [9.17, 15) is 18.8 Å². The fourth-order valence-corrected chi connectivity index (χ4v) is 4.82. The molecular formula is C28H34FN5O4. The number of carbonyl (C=O) groups is 3. The van der Waals surface area contributed by atoms with Gasteiger partial charge in [-0.05, 0) is 44.0 Å². The molecule has 1 aliphatic heterocycles. The number of Topliss-reactive ketones (excluding diaryl/α,β-unsaturated/α-hetero) is 1. The average molecular weight is 524 g/mol. The van der Waals surface area contributed by atoms with Crippen LogP contribution in [0, 0.1) is 12.7 Å². The zero-order valence-electron chi connectivity index (χ0n) is 22.3. The van der Waals surface area contributed by atoms with Gasteiger partial charge in [0, 0.05) is 57.5 Å². The number of benzene rings is 1. The first-order chi connectivity index (χ1) is 18.2. The Hall–Kier alpha value is -3.63. The van der Waals surface area contributed by atoms with Crippen molar-refractivity contribution < 1.29 is 23.5 Å². The van der Waals surface area contributed by atoms with Gasteiger partial charge in [-0.1, -0.05) is 19.1 Å². The molecule has 3 heterocycles. The SMILES string of the molecule is CCCOCn1cc(C(=O)C(=O)NC)c2cc(C(=O)N3CCN(Cc4ccc(F)cc4)CC3C)c(C)nc21. The number of piperazine rings is 1. The lowest BCUT2D eigenvalue weighted by atomic mass is 10.0. The van der Waals surface area contributed by atoms with E-state index < -0.39 is 11.7 Å². The molecule has 0 spiro atoms. The quantitative estimate of drug-likeness (QED) is 0.263. The maximum atomic E-state index is 13.7. The molecule has 3 aromatic rings. The van der Waals surface area contributed by atoms with Crippen LogP contribution in [0.4, 0.5) is 4.39 Å². The lowest BCUT2D eigenvalue weighted by molar-refractivity contribution is -0.116. The number of nitrogens with one attached hydrogen (secondary N) is 1. The number of nitrogens with zero attached hydrogens (tertiary/aromatic N) is 4. The standard InChI is InChI=1S/C28H34FN5O4/c1-5-12-38-17-33-16-24(25(35)27(36)30-4)23-13-22(19(3)31-26(23)33)28(37)34-11-10-32(14-18(34)2)15-20-6-8-21(29)9-7-20/h6-9,13,16,18H,5,10-12,14-15,17H2,1-4H3,(H,30,36). The van der Waals surface area contributed by atoms with Crippen LogP contribution in [-0.4, -0.2) is 76.3 Å². The number of hydrogen-bond donors (Lipinski definition) is 1. The van der Waals surface area contributed by atoms with Gasteiger partial charge in [0.15, 0.2) is 0 Å². The molecule has 9 nitrogen and oxygen atoms in total. The minimum atomic E-state index is -0.738. The van der Waals surface area contributed by atoms with Crippen molar-refractivity contribution in [3.63, 3.8) is 0 Å². The molecule has 0 aliphatic carbocycles. The molecule has 4 rings (SSSR count). The van der Waals surface area contributed by atoms with Crippen LogP contribution in [0.5, 0.6) is 0 Å². The number of fused-ring (bicyclic) bond motifs is 1. The van der Waals surface area contributed by atoms with Crippen molar-refractivity contribution in [3.05, 3.63) is 64.7 Å². The minimum Gasteiger partial charge on any atom is -0.361 e. The second-order valence-corrected chi connectivity index (χ2v) is 9.66. The lowest BCUT2D eigenvalue weighted by Gasteiger charge is -2.40. The van der Waals surface area contributed by atoms with Gasteiger partial charge in [-0.2, -0.15) is 0 Å². The second-order valence-electron chi connectivity index (χ2n) is 9.66. The van der Waals surface area contributed by atoms with E-state index in [0.29, 0.717) is 55.1 Å². The van der Waals surface area contributed by atoms with Crippen molar-refractivity contribution in [2.24, 2.45) is 0 Å². The van der Waals surface area contributed by atoms with Gasteiger partial charge in [-0.25, -0.2) is 9.37 Å². The van der Waals surface area contributed by atoms with Gasteiger partial charge in [-0.15, -0.1) is 0 Å². The molecule has 1 atom stereocenters. The Kier molecular flexibility index (Phi) is 8.53. The molecule has 1 aromatic carbocycles. The third kappa shape index (κ3) is 5.76. The Morgan fingerprint density at radius 2 is 1.89 bits per heavy atom. The Bertz CT molecular complexity index is 1340. The van der Waals surface area contributed by atoms with Gasteiger partial charge in [-0.3, -0.25) is 19.3 Å². The summed E-state index contributed by atoms with van der Waals surface area (Å²) in [5, 5.41) is 2.81. The molecule has 202 valence electrons. The van der Waals surface area contributed by atoms with Crippen molar-refractivity contribution in [2.75, 3.05) is 33.3 Å². The van der Waals surface area contributed by atoms with Crippen molar-refractivity contribution in [3.8, 4) is 0 Å². The number of likely N-dealkylation sites (N-methyl/N-ethyl adjacent to an activating group) is 1. The second kappa shape index (κ2) is 11.8. The molecule has 0 bridgehead atoms. The van der Waals surface area contributed by atoms with E-state index >= 15 is 0 Å². The molecule has 1 fully saturated rings. The Balaban J connectivity index is 1.59. The van der Waals surface area contributed by atoms with Crippen LogP contribution in [0.2, 0.25) is 0 Å². The predicted octanol–water partition coefficient (Wildman–Crippen LogP) is 3.14. The molecule has 1 unspecified atom stereocenters. The molecule has 1 N–H and O–H groups in total. The number of pyridine rings is 1. The molecule has 2 amide bonds. The average Bonchev–Trinajstić information content (AvgIpc) is 3.25. The highest BCUT2D eigenvalue weighted by Gasteiger charge is 2.30. The highest BCUT2D eigenvalue weighted by molar-refractivity contribution is 6.44. The van der Waals surface area contributed by atoms with Gasteiger partial charge in [0.1, 0.15) is 18.2 Å². The Morgan fingerprint density at radius 3 is 2.55 bits per heavy atom. The zero-order chi connectivity index (χ0) is 27.4. The highest BCUT2D eigenvalue weighted by Crippen LogP contribution is 2.26. The van der Waals surface area contributed by atoms with Crippen molar-refractivity contribution in [1.82, 2.24) is 24.7 Å². The maximum Gasteiger partial charge on any atom is 0.292 e. The van der Waals surface area contributed by atoms with Crippen LogP contribution < -0.4 is 5.32 Å². The van der Waals surface area contributed by atoms with Crippen LogP contribution in [0.25, 0.3) is 11.0 Å². The first-order valence-electron chi connectivity index (χ1n) is 12.9. The number of ether oxygens (including phenoxy) is 1. The summed E-state index contributed by atoms with van der Waals surface area (Å²) in [5.74, 6) is -1.86. The molecule has 1 saturated heterocycles. The minimum absolute atomic E-state index is 0.0641. The summed E-state index contributed by atoms with van der Waals surface area (Å²) < 4.78 is 20.6. The molecular weight excluding hydrogens is 489 g/mol. The Labute approximate surface area is 221 Å². The summed E-state index contributed by atoms with van der Waals surface area (Å²) in [5.41, 5.74) is 2.62. The zero-order valence-corrected chi connectivity index (χ0v) is 22.3. The topological polar surface area (TPSA) is 96.8 Å². The van der Waals surface area contributed by atoms with Crippen molar-refractivity contribution >= 4 is 28.6 Å². The van der Waals surface area contributed by atoms with E-state index in [4.69, 9.17) is 4.74 Å². The number of amides is 2. The summed E-state index contributed by atoms with van der Waals surface area (Å²) in [6, 6.07) is 8.07. The van der Waals surface area contributed by atoms with E-state index in [0.717, 1.165) is 12.0 Å². The van der Waals surface area contributed by atoms with Crippen molar-refractivity contribution in [1.29, 1.82) is 0 Å². The number of aryl methyl sites for hydroxylation is 1. The van der Waals surface area contributed by atoms with E-state index in [1.807, 2.05) is 18.7 Å². The highest BCUT2D eigenvalue weighted by atomic mass is 19.1. The number of aromatic nitrogens is 2. The fourth-order valence-electron chi connectivity index (χ4n) is 4.82. The van der Waals surface area contributed by atoms with E-state index in [2.05, 4.69) is 15.2 Å². The van der Waals surface area contributed by atoms with Crippen LogP contribution in [0.15, 0.2) is 36.5 Å². The first-order valence-corrected chi connectivity index (χ1v) is 12.9. The van der Waals surface area contributed by atoms with Gasteiger partial charge in [0.25, 0.3) is 17.6 Å². The molecule has 1 aliphatic rings. The Morgan fingerprint density at radius 1 is 1.16 bits per heavy atom. The summed E-state index contributed by atoms with van der Waals surface area (Å²) in [6.07, 6.45) is 2.40. The molecule has 0 radical (unpaired) electrons. The lowest BCUT2D eigenvalue weighted by Crippen LogP contribution is -2.53. The fraction of sp³-hybridized carbons (Fsp3) is 0.429. The van der Waals surface area contributed by atoms with Crippen molar-refractivity contribution in [2.45, 2.75) is 46.5 Å². The third-order valence-electron chi connectivity index (χ3n) is 6.82. The van der Waals surface area contributed by atoms with Gasteiger partial charge in [0.05, 0.1) is 16.8 Å². The van der Waals surface area contributed by atoms with Gasteiger partial charge < -0.3 is 19.5 Å². The number of carbonyl (C=O) groups excluding carboxylic acids is 3. The largest absolute Gasteiger partial charge is 0.361 e. The third-order valence-corrected chi connectivity index (χ3v) is 6.82. The van der Waals surface area contributed by atoms with Crippen LogP contribution >= 0.6 is 0 Å². The maximum absolute atomic E-state index is 13.7. The summed E-state index contributed by atoms with van der Waals surface area (Å²) >= 11 is 0. The van der Waals surface area contributed by atoms with Gasteiger partial charge in [0.2, 0.25) is 0 Å². The van der Waals surface area contributed by atoms with Crippen LogP contribution in [0.3, 0.4) is 0 Å². The molecule has 0 saturated carbocycles. The van der Waals surface area contributed by atoms with Crippen LogP contribution in [-0.2, 0) is 22.8 Å². The molecule has 2 aromatic heterocycles. The van der Waals surface area contributed by atoms with Gasteiger partial charge >= 0.3 is 0 Å². The normalized spacial score (nSPS) is 16.1. The predicted molar refractivity (Wildman–Crippen MR) is 141 cm³/mol. The van der Waals surface area contributed by atoms with Crippen LogP contribution in [0.1, 0.15) is 52.2 Å². The summed E-state index contributed by atoms with van der Waals surface area (Å²) in [4.78, 5) is 47.4. The molecule has 10 heteroatoms. The summed E-state index contributed by atoms with van der Waals surface area (Å²) in [6.45, 7) is 9.03. The number of hydrogen-bond acceptors (Lipinski definition) is 6. The van der Waals surface area contributed by atoms with E-state index in [-0.39, 0.29) is 30.1 Å². The number of rotatable bonds is 9. The van der Waals surface area contributed by atoms with E-state index in [1.54, 1.807) is 35.9 Å². The monoisotopic (exact) mass is 523 g/mol. The van der Waals surface area contributed by atoms with E-state index in [1.165, 1.54) is 19.2 Å². The smallest absolute Gasteiger partial charge is 0.292 e. The number of ketones is 1. The first kappa shape index (κ1) is 27.4. The summed E-state index contributed by atoms with van der Waals surface area (Å²) in [7, 11) is 1.40. The number of halogens is 1.